The van der Waals surface area contributed by atoms with Crippen LogP contribution in [-0.2, 0) is 0 Å². The molecule has 5 heteroatoms. The van der Waals surface area contributed by atoms with E-state index in [1.165, 1.54) is 12.8 Å². The summed E-state index contributed by atoms with van der Waals surface area (Å²) in [6.07, 6.45) is 4.10. The van der Waals surface area contributed by atoms with Gasteiger partial charge in [-0.15, -0.1) is 5.10 Å². The molecule has 0 saturated carbocycles. The second-order valence-corrected chi connectivity index (χ2v) is 5.11. The Bertz CT molecular complexity index is 358. The first kappa shape index (κ1) is 12.1. The zero-order chi connectivity index (χ0) is 12.3. The molecule has 94 valence electrons. The summed E-state index contributed by atoms with van der Waals surface area (Å²) in [7, 11) is 0. The van der Waals surface area contributed by atoms with Crippen LogP contribution in [0.25, 0.3) is 0 Å². The Labute approximate surface area is 103 Å². The lowest BCUT2D eigenvalue weighted by Crippen LogP contribution is -2.34. The number of piperidine rings is 1. The topological polar surface area (TPSA) is 53.9 Å². The summed E-state index contributed by atoms with van der Waals surface area (Å²) in [5, 5.41) is 11.4. The van der Waals surface area contributed by atoms with Gasteiger partial charge in [0.05, 0.1) is 6.20 Å². The summed E-state index contributed by atoms with van der Waals surface area (Å²) < 4.78 is 0. The summed E-state index contributed by atoms with van der Waals surface area (Å²) in [6, 6.07) is 0.362. The van der Waals surface area contributed by atoms with Gasteiger partial charge >= 0.3 is 0 Å². The highest BCUT2D eigenvalue weighted by atomic mass is 15.3. The van der Waals surface area contributed by atoms with Crippen LogP contribution in [0.1, 0.15) is 33.6 Å². The molecule has 2 rings (SSSR count). The maximum atomic E-state index is 4.50. The molecule has 0 aliphatic carbocycles. The van der Waals surface area contributed by atoms with Gasteiger partial charge in [-0.25, -0.2) is 0 Å². The van der Waals surface area contributed by atoms with Crippen LogP contribution in [0.4, 0.5) is 11.8 Å². The van der Waals surface area contributed by atoms with Gasteiger partial charge in [0.1, 0.15) is 0 Å². The Morgan fingerprint density at radius 2 is 2.06 bits per heavy atom. The van der Waals surface area contributed by atoms with E-state index in [4.69, 9.17) is 0 Å². The van der Waals surface area contributed by atoms with Gasteiger partial charge in [-0.3, -0.25) is 0 Å². The van der Waals surface area contributed by atoms with Crippen molar-refractivity contribution in [2.24, 2.45) is 5.92 Å². The Kier molecular flexibility index (Phi) is 3.76. The molecule has 0 atom stereocenters. The number of nitrogens with one attached hydrogen (secondary N) is 1. The molecule has 1 aliphatic heterocycles. The largest absolute Gasteiger partial charge is 0.366 e. The Balaban J connectivity index is 2.05. The van der Waals surface area contributed by atoms with Crippen LogP contribution >= 0.6 is 0 Å². The number of rotatable bonds is 3. The van der Waals surface area contributed by atoms with E-state index in [1.807, 2.05) is 0 Å². The minimum atomic E-state index is 0.362. The fourth-order valence-electron chi connectivity index (χ4n) is 2.00. The second-order valence-electron chi connectivity index (χ2n) is 5.11. The molecule has 1 aromatic rings. The minimum absolute atomic E-state index is 0.362. The molecule has 2 heterocycles. The molecule has 0 aromatic carbocycles. The molecule has 1 aromatic heterocycles. The minimum Gasteiger partial charge on any atom is -0.366 e. The molecule has 0 spiro atoms. The van der Waals surface area contributed by atoms with Crippen LogP contribution in [-0.4, -0.2) is 34.3 Å². The third-order valence-corrected chi connectivity index (χ3v) is 3.05. The van der Waals surface area contributed by atoms with Gasteiger partial charge in [-0.2, -0.15) is 10.1 Å². The number of nitrogens with zero attached hydrogens (tertiary/aromatic N) is 4. The molecular weight excluding hydrogens is 214 g/mol. The van der Waals surface area contributed by atoms with E-state index in [2.05, 4.69) is 46.2 Å². The van der Waals surface area contributed by atoms with E-state index in [0.717, 1.165) is 30.8 Å². The first-order valence-electron chi connectivity index (χ1n) is 6.36. The summed E-state index contributed by atoms with van der Waals surface area (Å²) >= 11 is 0. The van der Waals surface area contributed by atoms with Crippen molar-refractivity contribution in [2.75, 3.05) is 23.3 Å². The standard InChI is InChI=1S/C12H21N5/c1-9(2)14-11-8-13-16-12(15-11)17-6-4-10(3)5-7-17/h8-10H,4-7H2,1-3H3,(H,14,15,16). The fraction of sp³-hybridized carbons (Fsp3) is 0.750. The van der Waals surface area contributed by atoms with Crippen LogP contribution in [0.5, 0.6) is 0 Å². The normalized spacial score (nSPS) is 17.5. The zero-order valence-electron chi connectivity index (χ0n) is 10.8. The van der Waals surface area contributed by atoms with Crippen LogP contribution in [0.2, 0.25) is 0 Å². The van der Waals surface area contributed by atoms with E-state index in [0.29, 0.717) is 6.04 Å². The van der Waals surface area contributed by atoms with Gasteiger partial charge in [0.25, 0.3) is 0 Å². The van der Waals surface area contributed by atoms with Gasteiger partial charge in [-0.05, 0) is 32.6 Å². The number of anilines is 2. The van der Waals surface area contributed by atoms with Crippen LogP contribution in [0, 0.1) is 5.92 Å². The summed E-state index contributed by atoms with van der Waals surface area (Å²) in [5.41, 5.74) is 0. The van der Waals surface area contributed by atoms with Crippen LogP contribution < -0.4 is 10.2 Å². The van der Waals surface area contributed by atoms with Crippen LogP contribution in [0.3, 0.4) is 0 Å². The fourth-order valence-corrected chi connectivity index (χ4v) is 2.00. The van der Waals surface area contributed by atoms with Gasteiger partial charge in [0.2, 0.25) is 5.95 Å². The predicted octanol–water partition coefficient (Wildman–Crippen LogP) is 1.93. The van der Waals surface area contributed by atoms with Crippen molar-refractivity contribution >= 4 is 11.8 Å². The summed E-state index contributed by atoms with van der Waals surface area (Å²) in [5.74, 6) is 2.38. The van der Waals surface area contributed by atoms with Gasteiger partial charge in [-0.1, -0.05) is 6.92 Å². The highest BCUT2D eigenvalue weighted by Crippen LogP contribution is 2.20. The quantitative estimate of drug-likeness (QED) is 0.867. The maximum Gasteiger partial charge on any atom is 0.247 e. The van der Waals surface area contributed by atoms with Crippen molar-refractivity contribution in [3.05, 3.63) is 6.20 Å². The molecule has 1 fully saturated rings. The third kappa shape index (κ3) is 3.28. The van der Waals surface area contributed by atoms with Crippen molar-refractivity contribution in [3.8, 4) is 0 Å². The van der Waals surface area contributed by atoms with Crippen molar-refractivity contribution in [3.63, 3.8) is 0 Å². The van der Waals surface area contributed by atoms with Gasteiger partial charge in [0, 0.05) is 19.1 Å². The van der Waals surface area contributed by atoms with Gasteiger partial charge in [0.15, 0.2) is 5.82 Å². The van der Waals surface area contributed by atoms with E-state index >= 15 is 0 Å². The van der Waals surface area contributed by atoms with Gasteiger partial charge < -0.3 is 10.2 Å². The zero-order valence-corrected chi connectivity index (χ0v) is 10.8. The smallest absolute Gasteiger partial charge is 0.247 e. The second kappa shape index (κ2) is 5.29. The first-order valence-corrected chi connectivity index (χ1v) is 6.36. The Hall–Kier alpha value is -1.39. The van der Waals surface area contributed by atoms with Crippen molar-refractivity contribution in [1.29, 1.82) is 0 Å². The lowest BCUT2D eigenvalue weighted by atomic mass is 10.00. The molecule has 0 radical (unpaired) electrons. The van der Waals surface area contributed by atoms with Crippen molar-refractivity contribution in [2.45, 2.75) is 39.7 Å². The lowest BCUT2D eigenvalue weighted by molar-refractivity contribution is 0.433. The molecule has 5 nitrogen and oxygen atoms in total. The number of hydrogen-bond donors (Lipinski definition) is 1. The third-order valence-electron chi connectivity index (χ3n) is 3.05. The average molecular weight is 235 g/mol. The molecule has 1 aliphatic rings. The monoisotopic (exact) mass is 235 g/mol. The Morgan fingerprint density at radius 3 is 2.71 bits per heavy atom. The molecule has 1 N–H and O–H groups in total. The number of aromatic nitrogens is 3. The van der Waals surface area contributed by atoms with Crippen LogP contribution in [0.15, 0.2) is 6.20 Å². The number of hydrogen-bond acceptors (Lipinski definition) is 5. The predicted molar refractivity (Wildman–Crippen MR) is 69.2 cm³/mol. The molecule has 17 heavy (non-hydrogen) atoms. The van der Waals surface area contributed by atoms with E-state index in [-0.39, 0.29) is 0 Å². The SMILES string of the molecule is CC1CCN(c2nncc(NC(C)C)n2)CC1. The highest BCUT2D eigenvalue weighted by molar-refractivity contribution is 5.39. The maximum absolute atomic E-state index is 4.50. The van der Waals surface area contributed by atoms with Crippen molar-refractivity contribution < 1.29 is 0 Å². The summed E-state index contributed by atoms with van der Waals surface area (Å²) in [6.45, 7) is 8.55. The summed E-state index contributed by atoms with van der Waals surface area (Å²) in [4.78, 5) is 6.72. The molecule has 0 bridgehead atoms. The average Bonchev–Trinajstić information content (AvgIpc) is 2.29. The lowest BCUT2D eigenvalue weighted by Gasteiger charge is -2.30. The Morgan fingerprint density at radius 1 is 1.35 bits per heavy atom. The highest BCUT2D eigenvalue weighted by Gasteiger charge is 2.18. The van der Waals surface area contributed by atoms with E-state index in [9.17, 15) is 0 Å². The molecular formula is C12H21N5. The van der Waals surface area contributed by atoms with E-state index < -0.39 is 0 Å². The molecule has 0 unspecified atom stereocenters. The van der Waals surface area contributed by atoms with Crippen molar-refractivity contribution in [1.82, 2.24) is 15.2 Å². The molecule has 1 saturated heterocycles. The molecule has 0 amide bonds. The first-order chi connectivity index (χ1) is 8.15. The van der Waals surface area contributed by atoms with E-state index in [1.54, 1.807) is 6.20 Å².